The zero-order valence-corrected chi connectivity index (χ0v) is 24.4. The molecule has 0 N–H and O–H groups in total. The fourth-order valence-electron chi connectivity index (χ4n) is 5.29. The minimum atomic E-state index is -0.795. The molecule has 3 aromatic rings. The van der Waals surface area contributed by atoms with Gasteiger partial charge in [-0.2, -0.15) is 0 Å². The van der Waals surface area contributed by atoms with E-state index in [4.69, 9.17) is 14.2 Å². The highest BCUT2D eigenvalue weighted by molar-refractivity contribution is 7.07. The normalized spacial score (nSPS) is 17.5. The molecule has 0 aliphatic carbocycles. The van der Waals surface area contributed by atoms with E-state index in [-0.39, 0.29) is 11.7 Å². The van der Waals surface area contributed by atoms with Crippen molar-refractivity contribution in [2.45, 2.75) is 52.2 Å². The molecule has 0 bridgehead atoms. The third kappa shape index (κ3) is 5.43. The molecule has 3 heterocycles. The van der Waals surface area contributed by atoms with Crippen molar-refractivity contribution < 1.29 is 19.0 Å². The summed E-state index contributed by atoms with van der Waals surface area (Å²) in [5.41, 5.74) is 3.31. The van der Waals surface area contributed by atoms with Crippen molar-refractivity contribution in [3.8, 4) is 11.5 Å². The fraction of sp³-hybridized carbons (Fsp3) is 0.387. The van der Waals surface area contributed by atoms with Crippen molar-refractivity contribution in [2.24, 2.45) is 4.99 Å². The van der Waals surface area contributed by atoms with E-state index in [0.29, 0.717) is 37.7 Å². The number of carbonyl (C=O) groups excluding carboxylic acids is 1. The number of esters is 1. The summed E-state index contributed by atoms with van der Waals surface area (Å²) in [6, 6.07) is 12.9. The molecule has 0 unspecified atom stereocenters. The lowest BCUT2D eigenvalue weighted by atomic mass is 9.94. The lowest BCUT2D eigenvalue weighted by Gasteiger charge is -2.28. The molecule has 2 aliphatic rings. The van der Waals surface area contributed by atoms with Crippen LogP contribution in [0.3, 0.4) is 0 Å². The Kier molecular flexibility index (Phi) is 8.12. The van der Waals surface area contributed by atoms with Crippen molar-refractivity contribution in [3.63, 3.8) is 0 Å². The number of benzene rings is 2. The molecule has 40 heavy (non-hydrogen) atoms. The van der Waals surface area contributed by atoms with E-state index in [0.717, 1.165) is 18.7 Å². The molecule has 0 spiro atoms. The predicted octanol–water partition coefficient (Wildman–Crippen LogP) is 4.19. The van der Waals surface area contributed by atoms with Gasteiger partial charge in [-0.1, -0.05) is 23.5 Å². The average molecular weight is 562 g/mol. The third-order valence-electron chi connectivity index (χ3n) is 7.23. The molecule has 0 saturated carbocycles. The SMILES string of the molecule is COc1ccc(OC)c([C@@H]2C(C(=O)OC(C)C)=C(C)N=c3s/c(=C\c4ccc(N5CCCCC5)cc4)c(=O)n32)c1. The monoisotopic (exact) mass is 561 g/mol. The average Bonchev–Trinajstić information content (AvgIpc) is 3.26. The van der Waals surface area contributed by atoms with Crippen molar-refractivity contribution in [1.82, 2.24) is 4.57 Å². The number of piperidine rings is 1. The number of anilines is 1. The second-order valence-corrected chi connectivity index (χ2v) is 11.3. The summed E-state index contributed by atoms with van der Waals surface area (Å²) in [6.07, 6.45) is 5.27. The fourth-order valence-corrected chi connectivity index (χ4v) is 6.34. The summed E-state index contributed by atoms with van der Waals surface area (Å²) >= 11 is 1.30. The van der Waals surface area contributed by atoms with Crippen LogP contribution in [0.5, 0.6) is 11.5 Å². The number of carbonyl (C=O) groups is 1. The first-order valence-corrected chi connectivity index (χ1v) is 14.4. The molecule has 9 heteroatoms. The Labute approximate surface area is 237 Å². The zero-order chi connectivity index (χ0) is 28.4. The molecule has 1 saturated heterocycles. The summed E-state index contributed by atoms with van der Waals surface area (Å²) in [6.45, 7) is 7.51. The Bertz CT molecular complexity index is 1610. The summed E-state index contributed by atoms with van der Waals surface area (Å²) in [4.78, 5) is 35.0. The molecule has 1 aromatic heterocycles. The highest BCUT2D eigenvalue weighted by atomic mass is 32.1. The van der Waals surface area contributed by atoms with Gasteiger partial charge in [0.25, 0.3) is 5.56 Å². The van der Waals surface area contributed by atoms with Crippen molar-refractivity contribution >= 4 is 29.1 Å². The summed E-state index contributed by atoms with van der Waals surface area (Å²) in [7, 11) is 3.13. The van der Waals surface area contributed by atoms with Gasteiger partial charge >= 0.3 is 5.97 Å². The number of fused-ring (bicyclic) bond motifs is 1. The molecule has 1 fully saturated rings. The number of methoxy groups -OCH3 is 2. The summed E-state index contributed by atoms with van der Waals surface area (Å²) < 4.78 is 18.9. The minimum Gasteiger partial charge on any atom is -0.497 e. The van der Waals surface area contributed by atoms with E-state index in [1.54, 1.807) is 57.8 Å². The van der Waals surface area contributed by atoms with Crippen LogP contribution in [0.2, 0.25) is 0 Å². The molecular formula is C31H35N3O5S. The summed E-state index contributed by atoms with van der Waals surface area (Å²) in [5, 5.41) is 0. The van der Waals surface area contributed by atoms with E-state index >= 15 is 0 Å². The number of hydrogen-bond donors (Lipinski definition) is 0. The van der Waals surface area contributed by atoms with Gasteiger partial charge in [0.15, 0.2) is 4.80 Å². The number of nitrogens with zero attached hydrogens (tertiary/aromatic N) is 3. The van der Waals surface area contributed by atoms with E-state index in [9.17, 15) is 9.59 Å². The number of allylic oxidation sites excluding steroid dienone is 1. The molecule has 2 aromatic carbocycles. The lowest BCUT2D eigenvalue weighted by Crippen LogP contribution is -2.40. The van der Waals surface area contributed by atoms with Crippen molar-refractivity contribution in [2.75, 3.05) is 32.2 Å². The Morgan fingerprint density at radius 3 is 2.42 bits per heavy atom. The highest BCUT2D eigenvalue weighted by Gasteiger charge is 2.35. The Hall–Kier alpha value is -3.85. The van der Waals surface area contributed by atoms with Crippen LogP contribution in [-0.4, -0.2) is 43.9 Å². The van der Waals surface area contributed by atoms with Crippen LogP contribution in [-0.2, 0) is 9.53 Å². The van der Waals surface area contributed by atoms with Gasteiger partial charge in [-0.15, -0.1) is 0 Å². The smallest absolute Gasteiger partial charge is 0.338 e. The van der Waals surface area contributed by atoms with E-state index < -0.39 is 12.0 Å². The maximum absolute atomic E-state index is 14.0. The number of rotatable bonds is 7. The number of aromatic nitrogens is 1. The maximum atomic E-state index is 14.0. The standard InChI is InChI=1S/C31H35N3O5S/c1-19(2)39-30(36)27-20(3)32-31-34(28(27)24-18-23(37-4)13-14-25(24)38-5)29(35)26(40-31)17-21-9-11-22(12-10-21)33-15-7-6-8-16-33/h9-14,17-19,28H,6-8,15-16H2,1-5H3/b26-17-/t28-/m1/s1. The van der Waals surface area contributed by atoms with Gasteiger partial charge in [-0.05, 0) is 82.0 Å². The molecule has 2 aliphatic heterocycles. The molecule has 210 valence electrons. The van der Waals surface area contributed by atoms with Gasteiger partial charge in [0, 0.05) is 24.3 Å². The quantitative estimate of drug-likeness (QED) is 0.403. The van der Waals surface area contributed by atoms with Crippen LogP contribution in [0.15, 0.2) is 63.5 Å². The van der Waals surface area contributed by atoms with Crippen LogP contribution in [0, 0.1) is 0 Å². The first kappa shape index (κ1) is 27.7. The third-order valence-corrected chi connectivity index (χ3v) is 8.21. The van der Waals surface area contributed by atoms with Gasteiger partial charge in [-0.3, -0.25) is 9.36 Å². The molecule has 5 rings (SSSR count). The summed E-state index contributed by atoms with van der Waals surface area (Å²) in [5.74, 6) is 0.588. The number of hydrogen-bond acceptors (Lipinski definition) is 8. The molecule has 1 atom stereocenters. The molecule has 8 nitrogen and oxygen atoms in total. The van der Waals surface area contributed by atoms with Crippen molar-refractivity contribution in [3.05, 3.63) is 84.5 Å². The first-order chi connectivity index (χ1) is 19.3. The second-order valence-electron chi connectivity index (χ2n) is 10.3. The second kappa shape index (κ2) is 11.7. The van der Waals surface area contributed by atoms with Crippen LogP contribution < -0.4 is 29.3 Å². The van der Waals surface area contributed by atoms with E-state index in [2.05, 4.69) is 22.0 Å². The highest BCUT2D eigenvalue weighted by Crippen LogP contribution is 2.38. The molecular weight excluding hydrogens is 526 g/mol. The lowest BCUT2D eigenvalue weighted by molar-refractivity contribution is -0.143. The number of ether oxygens (including phenoxy) is 3. The maximum Gasteiger partial charge on any atom is 0.338 e. The van der Waals surface area contributed by atoms with Crippen LogP contribution in [0.4, 0.5) is 5.69 Å². The largest absolute Gasteiger partial charge is 0.497 e. The number of thiazole rings is 1. The Balaban J connectivity index is 1.64. The van der Waals surface area contributed by atoms with Gasteiger partial charge in [0.2, 0.25) is 0 Å². The predicted molar refractivity (Wildman–Crippen MR) is 157 cm³/mol. The van der Waals surface area contributed by atoms with Gasteiger partial charge < -0.3 is 19.1 Å². The van der Waals surface area contributed by atoms with Crippen molar-refractivity contribution in [1.29, 1.82) is 0 Å². The zero-order valence-electron chi connectivity index (χ0n) is 23.6. The topological polar surface area (TPSA) is 82.4 Å². The first-order valence-electron chi connectivity index (χ1n) is 13.6. The van der Waals surface area contributed by atoms with Gasteiger partial charge in [0.1, 0.15) is 17.5 Å². The minimum absolute atomic E-state index is 0.235. The van der Waals surface area contributed by atoms with Gasteiger partial charge in [0.05, 0.1) is 36.1 Å². The van der Waals surface area contributed by atoms with Crippen LogP contribution >= 0.6 is 11.3 Å². The van der Waals surface area contributed by atoms with E-state index in [1.165, 1.54) is 36.3 Å². The Morgan fingerprint density at radius 2 is 1.77 bits per heavy atom. The molecule has 0 amide bonds. The van der Waals surface area contributed by atoms with Crippen LogP contribution in [0.25, 0.3) is 6.08 Å². The molecule has 0 radical (unpaired) electrons. The Morgan fingerprint density at radius 1 is 1.05 bits per heavy atom. The van der Waals surface area contributed by atoms with E-state index in [1.807, 2.05) is 18.2 Å². The van der Waals surface area contributed by atoms with Crippen LogP contribution in [0.1, 0.15) is 57.2 Å². The van der Waals surface area contributed by atoms with Gasteiger partial charge in [-0.25, -0.2) is 9.79 Å².